The van der Waals surface area contributed by atoms with Crippen LogP contribution in [0.1, 0.15) is 57.6 Å². The third-order valence-corrected chi connectivity index (χ3v) is 6.76. The average molecular weight is 585 g/mol. The van der Waals surface area contributed by atoms with Crippen molar-refractivity contribution in [1.29, 1.82) is 0 Å². The van der Waals surface area contributed by atoms with Gasteiger partial charge in [0.2, 0.25) is 0 Å². The lowest BCUT2D eigenvalue weighted by Crippen LogP contribution is -2.08. The first-order chi connectivity index (χ1) is 20.5. The van der Waals surface area contributed by atoms with E-state index in [4.69, 9.17) is 18.6 Å². The monoisotopic (exact) mass is 584 g/mol. The van der Waals surface area contributed by atoms with E-state index >= 15 is 0 Å². The minimum Gasteiger partial charge on any atom is -0.494 e. The van der Waals surface area contributed by atoms with Crippen molar-refractivity contribution in [3.63, 3.8) is 0 Å². The summed E-state index contributed by atoms with van der Waals surface area (Å²) in [6.07, 6.45) is 4.68. The lowest BCUT2D eigenvalue weighted by Gasteiger charge is -2.12. The summed E-state index contributed by atoms with van der Waals surface area (Å²) in [5.41, 5.74) is 4.72. The van der Waals surface area contributed by atoms with Gasteiger partial charge in [0.1, 0.15) is 17.1 Å². The van der Waals surface area contributed by atoms with Crippen molar-refractivity contribution in [2.24, 2.45) is 0 Å². The number of carbonyl (C=O) groups excluding carboxylic acids is 2. The standard InChI is InChI=1S/C36H40O7/c1-23(2)26(7)40-18-11-9-13-29-20-27(12-8-10-19-41-34(37)24(3)4)21-33-31(29)22-32(36(39)43-33)28-14-16-30(17-15-28)42-35(38)25(5)6/h14-17,20-22H,1,3,5,7-13,18-19H2,2,4,6H3. The smallest absolute Gasteiger partial charge is 0.344 e. The van der Waals surface area contributed by atoms with Gasteiger partial charge < -0.3 is 18.6 Å². The number of benzene rings is 2. The van der Waals surface area contributed by atoms with E-state index in [0.29, 0.717) is 59.0 Å². The van der Waals surface area contributed by atoms with E-state index in [1.807, 2.05) is 19.1 Å². The molecule has 1 aromatic heterocycles. The van der Waals surface area contributed by atoms with Gasteiger partial charge in [0, 0.05) is 16.5 Å². The van der Waals surface area contributed by atoms with Crippen molar-refractivity contribution >= 4 is 22.9 Å². The van der Waals surface area contributed by atoms with Crippen LogP contribution in [-0.4, -0.2) is 25.2 Å². The molecule has 3 rings (SSSR count). The SMILES string of the molecule is C=C(C)C(=C)OCCCCc1cc(CCCCOC(=O)C(=C)C)cc2oc(=O)c(-c3ccc(OC(=O)C(=C)C)cc3)cc12. The van der Waals surface area contributed by atoms with E-state index in [-0.39, 0.29) is 5.97 Å². The van der Waals surface area contributed by atoms with E-state index < -0.39 is 11.6 Å². The Balaban J connectivity index is 1.83. The number of esters is 2. The first-order valence-electron chi connectivity index (χ1n) is 14.3. The second-order valence-corrected chi connectivity index (χ2v) is 10.7. The number of ether oxygens (including phenoxy) is 3. The summed E-state index contributed by atoms with van der Waals surface area (Å²) in [7, 11) is 0. The fourth-order valence-corrected chi connectivity index (χ4v) is 4.26. The van der Waals surface area contributed by atoms with Crippen LogP contribution in [0.5, 0.6) is 5.75 Å². The van der Waals surface area contributed by atoms with Gasteiger partial charge in [0.25, 0.3) is 0 Å². The summed E-state index contributed by atoms with van der Waals surface area (Å²) in [5, 5.41) is 0.860. The summed E-state index contributed by atoms with van der Waals surface area (Å²) >= 11 is 0. The van der Waals surface area contributed by atoms with Gasteiger partial charge in [-0.3, -0.25) is 0 Å². The average Bonchev–Trinajstić information content (AvgIpc) is 2.96. The molecule has 3 aromatic rings. The summed E-state index contributed by atoms with van der Waals surface area (Å²) in [6.45, 7) is 20.8. The quantitative estimate of drug-likeness (QED) is 0.0322. The van der Waals surface area contributed by atoms with Gasteiger partial charge in [-0.25, -0.2) is 14.4 Å². The van der Waals surface area contributed by atoms with Crippen LogP contribution >= 0.6 is 0 Å². The van der Waals surface area contributed by atoms with Crippen LogP contribution in [0.3, 0.4) is 0 Å². The Kier molecular flexibility index (Phi) is 11.9. The first-order valence-corrected chi connectivity index (χ1v) is 14.3. The molecule has 0 fully saturated rings. The molecule has 7 heteroatoms. The minimum atomic E-state index is -0.513. The minimum absolute atomic E-state index is 0.296. The number of hydrogen-bond donors (Lipinski definition) is 0. The predicted molar refractivity (Wildman–Crippen MR) is 170 cm³/mol. The Hall–Kier alpha value is -4.65. The summed E-state index contributed by atoms with van der Waals surface area (Å²) in [6, 6.07) is 12.6. The van der Waals surface area contributed by atoms with Gasteiger partial charge in [0.15, 0.2) is 0 Å². The van der Waals surface area contributed by atoms with E-state index in [1.54, 1.807) is 38.1 Å². The largest absolute Gasteiger partial charge is 0.494 e. The fourth-order valence-electron chi connectivity index (χ4n) is 4.26. The van der Waals surface area contributed by atoms with Crippen LogP contribution in [0.25, 0.3) is 22.1 Å². The highest BCUT2D eigenvalue weighted by atomic mass is 16.5. The Labute approximate surface area is 253 Å². The maximum Gasteiger partial charge on any atom is 0.344 e. The first kappa shape index (κ1) is 32.9. The molecule has 0 N–H and O–H groups in total. The zero-order valence-electron chi connectivity index (χ0n) is 25.4. The second-order valence-electron chi connectivity index (χ2n) is 10.7. The molecule has 0 amide bonds. The van der Waals surface area contributed by atoms with Crippen molar-refractivity contribution < 1.29 is 28.2 Å². The predicted octanol–water partition coefficient (Wildman–Crippen LogP) is 7.81. The van der Waals surface area contributed by atoms with E-state index in [9.17, 15) is 14.4 Å². The Bertz CT molecular complexity index is 1590. The van der Waals surface area contributed by atoms with E-state index in [2.05, 4.69) is 32.4 Å². The molecular weight excluding hydrogens is 544 g/mol. The molecule has 2 aromatic carbocycles. The maximum absolute atomic E-state index is 13.1. The van der Waals surface area contributed by atoms with Crippen LogP contribution < -0.4 is 10.4 Å². The highest BCUT2D eigenvalue weighted by Crippen LogP contribution is 2.28. The number of aryl methyl sites for hydroxylation is 2. The van der Waals surface area contributed by atoms with Crippen LogP contribution in [0.4, 0.5) is 0 Å². The number of fused-ring (bicyclic) bond motifs is 1. The van der Waals surface area contributed by atoms with Crippen LogP contribution in [0.2, 0.25) is 0 Å². The Morgan fingerprint density at radius 2 is 1.37 bits per heavy atom. The summed E-state index contributed by atoms with van der Waals surface area (Å²) in [5.74, 6) is 0.0518. The molecule has 226 valence electrons. The number of allylic oxidation sites excluding steroid dienone is 1. The van der Waals surface area contributed by atoms with Crippen LogP contribution in [-0.2, 0) is 31.9 Å². The number of unbranched alkanes of at least 4 members (excludes halogenated alkanes) is 2. The number of hydrogen-bond acceptors (Lipinski definition) is 7. The lowest BCUT2D eigenvalue weighted by molar-refractivity contribution is -0.139. The van der Waals surface area contributed by atoms with Gasteiger partial charge in [0.05, 0.1) is 18.8 Å². The molecule has 1 heterocycles. The topological polar surface area (TPSA) is 92.0 Å². The fraction of sp³-hybridized carbons (Fsp3) is 0.306. The normalized spacial score (nSPS) is 10.7. The summed E-state index contributed by atoms with van der Waals surface area (Å²) in [4.78, 5) is 36.6. The molecule has 0 radical (unpaired) electrons. The van der Waals surface area contributed by atoms with Crippen LogP contribution in [0.15, 0.2) is 100 Å². The molecule has 43 heavy (non-hydrogen) atoms. The molecule has 0 saturated heterocycles. The van der Waals surface area contributed by atoms with Crippen molar-refractivity contribution in [2.75, 3.05) is 13.2 Å². The van der Waals surface area contributed by atoms with Gasteiger partial charge >= 0.3 is 17.6 Å². The zero-order valence-corrected chi connectivity index (χ0v) is 25.4. The van der Waals surface area contributed by atoms with Crippen molar-refractivity contribution in [3.8, 4) is 16.9 Å². The van der Waals surface area contributed by atoms with Gasteiger partial charge in [-0.05, 0) is 106 Å². The zero-order chi connectivity index (χ0) is 31.5. The highest BCUT2D eigenvalue weighted by molar-refractivity contribution is 5.89. The van der Waals surface area contributed by atoms with E-state index in [0.717, 1.165) is 54.2 Å². The Morgan fingerprint density at radius 3 is 2.00 bits per heavy atom. The number of rotatable bonds is 16. The van der Waals surface area contributed by atoms with Crippen molar-refractivity contribution in [1.82, 2.24) is 0 Å². The molecule has 0 spiro atoms. The van der Waals surface area contributed by atoms with Crippen molar-refractivity contribution in [3.05, 3.63) is 113 Å². The molecule has 0 saturated carbocycles. The van der Waals surface area contributed by atoms with E-state index in [1.165, 1.54) is 0 Å². The molecule has 0 aliphatic carbocycles. The Morgan fingerprint density at radius 1 is 0.744 bits per heavy atom. The molecule has 0 bridgehead atoms. The molecule has 0 aliphatic rings. The molecule has 0 aliphatic heterocycles. The van der Waals surface area contributed by atoms with Gasteiger partial charge in [-0.1, -0.05) is 44.5 Å². The second kappa shape index (κ2) is 15.5. The molecule has 0 unspecified atom stereocenters. The van der Waals surface area contributed by atoms with Gasteiger partial charge in [-0.2, -0.15) is 0 Å². The third kappa shape index (κ3) is 9.70. The highest BCUT2D eigenvalue weighted by Gasteiger charge is 2.14. The molecule has 0 atom stereocenters. The summed E-state index contributed by atoms with van der Waals surface area (Å²) < 4.78 is 22.0. The number of carbonyl (C=O) groups is 2. The van der Waals surface area contributed by atoms with Gasteiger partial charge in [-0.15, -0.1) is 0 Å². The molecule has 7 nitrogen and oxygen atoms in total. The maximum atomic E-state index is 13.1. The lowest BCUT2D eigenvalue weighted by atomic mass is 9.96. The van der Waals surface area contributed by atoms with Crippen LogP contribution in [0, 0.1) is 0 Å². The molecular formula is C36H40O7. The third-order valence-electron chi connectivity index (χ3n) is 6.76. The van der Waals surface area contributed by atoms with Crippen molar-refractivity contribution in [2.45, 2.75) is 59.3 Å².